The number of halogens is 2. The van der Waals surface area contributed by atoms with E-state index in [9.17, 15) is 13.6 Å². The molecule has 1 amide bonds. The number of thiazole rings is 1. The molecule has 2 rings (SSSR count). The predicted octanol–water partition coefficient (Wildman–Crippen LogP) is 3.40. The lowest BCUT2D eigenvalue weighted by Crippen LogP contribution is -2.29. The van der Waals surface area contributed by atoms with Crippen LogP contribution in [0, 0.1) is 17.6 Å². The molecule has 1 N–H and O–H groups in total. The van der Waals surface area contributed by atoms with E-state index in [2.05, 4.69) is 10.3 Å². The fourth-order valence-electron chi connectivity index (χ4n) is 1.76. The van der Waals surface area contributed by atoms with E-state index in [1.54, 1.807) is 5.38 Å². The summed E-state index contributed by atoms with van der Waals surface area (Å²) in [6.45, 7) is 4.09. The van der Waals surface area contributed by atoms with Crippen molar-refractivity contribution in [2.24, 2.45) is 5.92 Å². The van der Waals surface area contributed by atoms with Gasteiger partial charge in [0.1, 0.15) is 16.6 Å². The number of hydrogen-bond acceptors (Lipinski definition) is 3. The van der Waals surface area contributed by atoms with Gasteiger partial charge in [-0.05, 0) is 12.1 Å². The summed E-state index contributed by atoms with van der Waals surface area (Å²) in [6.07, 6.45) is 0.533. The van der Waals surface area contributed by atoms with Gasteiger partial charge in [0.05, 0.1) is 11.3 Å². The van der Waals surface area contributed by atoms with E-state index >= 15 is 0 Å². The highest BCUT2D eigenvalue weighted by Gasteiger charge is 2.14. The van der Waals surface area contributed by atoms with Gasteiger partial charge in [0, 0.05) is 24.3 Å². The van der Waals surface area contributed by atoms with Gasteiger partial charge < -0.3 is 5.32 Å². The van der Waals surface area contributed by atoms with E-state index in [-0.39, 0.29) is 17.4 Å². The van der Waals surface area contributed by atoms with Crippen LogP contribution in [0.5, 0.6) is 0 Å². The molecule has 21 heavy (non-hydrogen) atoms. The number of benzene rings is 1. The van der Waals surface area contributed by atoms with Crippen LogP contribution in [-0.4, -0.2) is 17.4 Å². The average molecular weight is 310 g/mol. The quantitative estimate of drug-likeness (QED) is 0.919. The Morgan fingerprint density at radius 3 is 2.62 bits per heavy atom. The number of rotatable bonds is 5. The van der Waals surface area contributed by atoms with Crippen LogP contribution < -0.4 is 5.32 Å². The highest BCUT2D eigenvalue weighted by atomic mass is 32.1. The molecule has 0 fully saturated rings. The molecule has 1 aromatic carbocycles. The summed E-state index contributed by atoms with van der Waals surface area (Å²) >= 11 is 1.19. The van der Waals surface area contributed by atoms with Crippen LogP contribution >= 0.6 is 11.3 Å². The molecule has 6 heteroatoms. The number of carbonyl (C=O) groups excluding carboxylic acids is 1. The molecule has 0 aliphatic carbocycles. The van der Waals surface area contributed by atoms with Crippen molar-refractivity contribution < 1.29 is 13.6 Å². The maximum atomic E-state index is 13.7. The van der Waals surface area contributed by atoms with E-state index in [1.165, 1.54) is 29.5 Å². The van der Waals surface area contributed by atoms with Crippen molar-refractivity contribution in [2.75, 3.05) is 6.54 Å². The topological polar surface area (TPSA) is 42.0 Å². The van der Waals surface area contributed by atoms with E-state index in [0.29, 0.717) is 23.7 Å². The van der Waals surface area contributed by atoms with Gasteiger partial charge in [-0.3, -0.25) is 4.79 Å². The molecule has 1 aromatic heterocycles. The second-order valence-electron chi connectivity index (χ2n) is 4.94. The van der Waals surface area contributed by atoms with Gasteiger partial charge in [0.2, 0.25) is 5.91 Å². The SMILES string of the molecule is CC(C)C(=O)NCCc1csc(-c2c(F)cccc2F)n1. The second kappa shape index (κ2) is 6.76. The van der Waals surface area contributed by atoms with Crippen LogP contribution in [0.2, 0.25) is 0 Å². The summed E-state index contributed by atoms with van der Waals surface area (Å²) in [7, 11) is 0. The summed E-state index contributed by atoms with van der Waals surface area (Å²) in [6, 6.07) is 3.74. The zero-order chi connectivity index (χ0) is 15.4. The fraction of sp³-hybridized carbons (Fsp3) is 0.333. The minimum Gasteiger partial charge on any atom is -0.355 e. The monoisotopic (exact) mass is 310 g/mol. The van der Waals surface area contributed by atoms with Gasteiger partial charge >= 0.3 is 0 Å². The standard InChI is InChI=1S/C15H16F2N2OS/c1-9(2)14(20)18-7-6-10-8-21-15(19-10)13-11(16)4-3-5-12(13)17/h3-5,8-9H,6-7H2,1-2H3,(H,18,20). The molecule has 0 saturated heterocycles. The molecule has 3 nitrogen and oxygen atoms in total. The number of nitrogens with one attached hydrogen (secondary N) is 1. The molecular formula is C15H16F2N2OS. The molecule has 0 bridgehead atoms. The van der Waals surface area contributed by atoms with Gasteiger partial charge in [-0.2, -0.15) is 0 Å². The van der Waals surface area contributed by atoms with Crippen LogP contribution in [-0.2, 0) is 11.2 Å². The Morgan fingerprint density at radius 2 is 2.00 bits per heavy atom. The van der Waals surface area contributed by atoms with E-state index in [1.807, 2.05) is 13.8 Å². The Bertz CT molecular complexity index is 620. The molecule has 0 saturated carbocycles. The maximum Gasteiger partial charge on any atom is 0.222 e. The summed E-state index contributed by atoms with van der Waals surface area (Å²) < 4.78 is 27.3. The Kier molecular flexibility index (Phi) is 5.01. The minimum absolute atomic E-state index is 0.0226. The maximum absolute atomic E-state index is 13.7. The van der Waals surface area contributed by atoms with Crippen LogP contribution in [0.15, 0.2) is 23.6 Å². The van der Waals surface area contributed by atoms with Gasteiger partial charge in [-0.25, -0.2) is 13.8 Å². The zero-order valence-electron chi connectivity index (χ0n) is 11.8. The summed E-state index contributed by atoms with van der Waals surface area (Å²) in [4.78, 5) is 15.7. The van der Waals surface area contributed by atoms with Crippen LogP contribution in [0.1, 0.15) is 19.5 Å². The number of nitrogens with zero attached hydrogens (tertiary/aromatic N) is 1. The first-order chi connectivity index (χ1) is 9.99. The molecule has 0 unspecified atom stereocenters. The molecule has 0 spiro atoms. The Morgan fingerprint density at radius 1 is 1.33 bits per heavy atom. The Labute approximate surface area is 126 Å². The smallest absolute Gasteiger partial charge is 0.222 e. The van der Waals surface area contributed by atoms with E-state index in [4.69, 9.17) is 0 Å². The van der Waals surface area contributed by atoms with E-state index in [0.717, 1.165) is 0 Å². The predicted molar refractivity (Wildman–Crippen MR) is 79.0 cm³/mol. The van der Waals surface area contributed by atoms with Crippen molar-refractivity contribution in [3.8, 4) is 10.6 Å². The molecule has 112 valence electrons. The third-order valence-corrected chi connectivity index (χ3v) is 3.84. The highest BCUT2D eigenvalue weighted by molar-refractivity contribution is 7.13. The molecule has 0 radical (unpaired) electrons. The Balaban J connectivity index is 2.04. The first kappa shape index (κ1) is 15.6. The summed E-state index contributed by atoms with van der Waals surface area (Å²) in [5.41, 5.74) is 0.613. The number of aromatic nitrogens is 1. The van der Waals surface area contributed by atoms with Crippen LogP contribution in [0.25, 0.3) is 10.6 Å². The fourth-order valence-corrected chi connectivity index (χ4v) is 2.66. The van der Waals surface area contributed by atoms with Crippen molar-refractivity contribution in [1.29, 1.82) is 0 Å². The molecule has 0 aliphatic heterocycles. The molecule has 2 aromatic rings. The van der Waals surface area contributed by atoms with Crippen LogP contribution in [0.4, 0.5) is 8.78 Å². The van der Waals surface area contributed by atoms with Crippen molar-refractivity contribution >= 4 is 17.2 Å². The first-order valence-corrected chi connectivity index (χ1v) is 7.53. The minimum atomic E-state index is -0.621. The molecule has 1 heterocycles. The second-order valence-corrected chi connectivity index (χ2v) is 5.79. The normalized spacial score (nSPS) is 10.9. The third kappa shape index (κ3) is 3.85. The summed E-state index contributed by atoms with van der Waals surface area (Å²) in [5, 5.41) is 4.85. The highest BCUT2D eigenvalue weighted by Crippen LogP contribution is 2.28. The largest absolute Gasteiger partial charge is 0.355 e. The zero-order valence-corrected chi connectivity index (χ0v) is 12.6. The third-order valence-electron chi connectivity index (χ3n) is 2.93. The molecule has 0 atom stereocenters. The number of amides is 1. The first-order valence-electron chi connectivity index (χ1n) is 6.65. The molecule has 0 aliphatic rings. The van der Waals surface area contributed by atoms with Gasteiger partial charge in [0.15, 0.2) is 0 Å². The lowest BCUT2D eigenvalue weighted by atomic mass is 10.2. The van der Waals surface area contributed by atoms with E-state index < -0.39 is 11.6 Å². The van der Waals surface area contributed by atoms with Crippen molar-refractivity contribution in [3.63, 3.8) is 0 Å². The van der Waals surface area contributed by atoms with Crippen molar-refractivity contribution in [1.82, 2.24) is 10.3 Å². The number of carbonyl (C=O) groups is 1. The van der Waals surface area contributed by atoms with Gasteiger partial charge in [-0.15, -0.1) is 11.3 Å². The lowest BCUT2D eigenvalue weighted by Gasteiger charge is -2.06. The van der Waals surface area contributed by atoms with Crippen molar-refractivity contribution in [3.05, 3.63) is 40.9 Å². The van der Waals surface area contributed by atoms with Gasteiger partial charge in [0.25, 0.3) is 0 Å². The van der Waals surface area contributed by atoms with Crippen LogP contribution in [0.3, 0.4) is 0 Å². The average Bonchev–Trinajstić information content (AvgIpc) is 2.87. The molecular weight excluding hydrogens is 294 g/mol. The summed E-state index contributed by atoms with van der Waals surface area (Å²) in [5.74, 6) is -1.33. The Hall–Kier alpha value is -1.82. The van der Waals surface area contributed by atoms with Gasteiger partial charge in [-0.1, -0.05) is 19.9 Å². The van der Waals surface area contributed by atoms with Crippen molar-refractivity contribution in [2.45, 2.75) is 20.3 Å². The number of hydrogen-bond donors (Lipinski definition) is 1. The lowest BCUT2D eigenvalue weighted by molar-refractivity contribution is -0.123.